The number of benzene rings is 2. The summed E-state index contributed by atoms with van der Waals surface area (Å²) in [7, 11) is -3.92. The summed E-state index contributed by atoms with van der Waals surface area (Å²) in [5.74, 6) is 1.83. The van der Waals surface area contributed by atoms with Crippen molar-refractivity contribution in [3.63, 3.8) is 0 Å². The third-order valence-corrected chi connectivity index (χ3v) is 6.11. The molecule has 11 nitrogen and oxygen atoms in total. The molecule has 0 fully saturated rings. The molecule has 2 heterocycles. The van der Waals surface area contributed by atoms with Crippen molar-refractivity contribution in [3.8, 4) is 17.4 Å². The second-order valence-electron chi connectivity index (χ2n) is 7.43. The van der Waals surface area contributed by atoms with Gasteiger partial charge in [0, 0.05) is 29.6 Å². The topological polar surface area (TPSA) is 142 Å². The molecule has 0 aliphatic heterocycles. The highest BCUT2D eigenvalue weighted by Gasteiger charge is 2.16. The number of ether oxygens (including phenoxy) is 1. The Balaban J connectivity index is 1.50. The molecule has 2 aromatic carbocycles. The van der Waals surface area contributed by atoms with Gasteiger partial charge in [-0.3, -0.25) is 14.8 Å². The molecule has 34 heavy (non-hydrogen) atoms. The Kier molecular flexibility index (Phi) is 5.99. The first-order valence-corrected chi connectivity index (χ1v) is 11.5. The first-order valence-electron chi connectivity index (χ1n) is 10.1. The van der Waals surface area contributed by atoms with Gasteiger partial charge in [0.15, 0.2) is 5.82 Å². The summed E-state index contributed by atoms with van der Waals surface area (Å²) in [5, 5.41) is 15.2. The monoisotopic (exact) mass is 480 g/mol. The molecule has 0 saturated carbocycles. The van der Waals surface area contributed by atoms with Gasteiger partial charge in [0.1, 0.15) is 11.6 Å². The second-order valence-corrected chi connectivity index (χ2v) is 9.12. The normalized spacial score (nSPS) is 11.3. The fourth-order valence-electron chi connectivity index (χ4n) is 3.22. The molecule has 0 aliphatic rings. The molecule has 0 bridgehead atoms. The summed E-state index contributed by atoms with van der Waals surface area (Å²) in [5.41, 5.74) is 1.89. The fourth-order valence-corrected chi connectivity index (χ4v) is 4.28. The van der Waals surface area contributed by atoms with E-state index in [-0.39, 0.29) is 10.6 Å². The molecule has 12 heteroatoms. The molecule has 1 N–H and O–H groups in total. The van der Waals surface area contributed by atoms with E-state index >= 15 is 0 Å². The fraction of sp³-hybridized carbons (Fsp3) is 0.136. The lowest BCUT2D eigenvalue weighted by Crippen LogP contribution is -2.12. The highest BCUT2D eigenvalue weighted by atomic mass is 32.2. The van der Waals surface area contributed by atoms with Gasteiger partial charge in [-0.2, -0.15) is 10.1 Å². The molecule has 4 aromatic rings. The Hall–Kier alpha value is -4.32. The molecular formula is C22H20N6O5S. The number of rotatable bonds is 7. The highest BCUT2D eigenvalue weighted by molar-refractivity contribution is 7.92. The Morgan fingerprint density at radius 1 is 0.971 bits per heavy atom. The SMILES string of the molecule is Cc1cc(C)n(-c2cc(Oc3ccc(NS(=O)(=O)c4ccc([N+](=O)[O-])cc4)cc3)nc(C)n2)n1. The predicted molar refractivity (Wildman–Crippen MR) is 124 cm³/mol. The highest BCUT2D eigenvalue weighted by Crippen LogP contribution is 2.25. The Bertz CT molecular complexity index is 1460. The van der Waals surface area contributed by atoms with Crippen molar-refractivity contribution >= 4 is 21.4 Å². The van der Waals surface area contributed by atoms with Gasteiger partial charge >= 0.3 is 0 Å². The number of nitro benzene ring substituents is 1. The third-order valence-electron chi connectivity index (χ3n) is 4.71. The van der Waals surface area contributed by atoms with Crippen LogP contribution in [0.4, 0.5) is 11.4 Å². The maximum absolute atomic E-state index is 12.6. The lowest BCUT2D eigenvalue weighted by molar-refractivity contribution is -0.384. The number of nitrogens with one attached hydrogen (secondary N) is 1. The van der Waals surface area contributed by atoms with Gasteiger partial charge in [0.2, 0.25) is 5.88 Å². The summed E-state index contributed by atoms with van der Waals surface area (Å²) in [6.07, 6.45) is 0. The molecule has 0 radical (unpaired) electrons. The maximum Gasteiger partial charge on any atom is 0.269 e. The average molecular weight is 481 g/mol. The number of aromatic nitrogens is 4. The molecule has 0 saturated heterocycles. The summed E-state index contributed by atoms with van der Waals surface area (Å²) in [6.45, 7) is 5.57. The minimum absolute atomic E-state index is 0.0911. The number of anilines is 1. The Morgan fingerprint density at radius 2 is 1.65 bits per heavy atom. The van der Waals surface area contributed by atoms with Gasteiger partial charge in [-0.1, -0.05) is 0 Å². The van der Waals surface area contributed by atoms with E-state index in [1.165, 1.54) is 24.3 Å². The van der Waals surface area contributed by atoms with Crippen LogP contribution in [0.1, 0.15) is 17.2 Å². The Morgan fingerprint density at radius 3 is 2.24 bits per heavy atom. The van der Waals surface area contributed by atoms with E-state index < -0.39 is 14.9 Å². The number of hydrogen-bond donors (Lipinski definition) is 1. The number of sulfonamides is 1. The van der Waals surface area contributed by atoms with Crippen LogP contribution < -0.4 is 9.46 Å². The quantitative estimate of drug-likeness (QED) is 0.308. The zero-order valence-electron chi connectivity index (χ0n) is 18.5. The van der Waals surface area contributed by atoms with Crippen molar-refractivity contribution in [2.45, 2.75) is 25.7 Å². The van der Waals surface area contributed by atoms with Crippen LogP contribution in [0.5, 0.6) is 11.6 Å². The number of nitrogens with zero attached hydrogens (tertiary/aromatic N) is 5. The molecule has 0 amide bonds. The summed E-state index contributed by atoms with van der Waals surface area (Å²) in [4.78, 5) is 18.8. The molecule has 0 aliphatic carbocycles. The van der Waals surface area contributed by atoms with Crippen LogP contribution >= 0.6 is 0 Å². The van der Waals surface area contributed by atoms with Crippen LogP contribution in [-0.4, -0.2) is 33.1 Å². The van der Waals surface area contributed by atoms with Gasteiger partial charge in [0.05, 0.1) is 15.5 Å². The van der Waals surface area contributed by atoms with Crippen molar-refractivity contribution < 1.29 is 18.1 Å². The van der Waals surface area contributed by atoms with E-state index in [1.807, 2.05) is 19.9 Å². The van der Waals surface area contributed by atoms with Crippen molar-refractivity contribution in [3.05, 3.63) is 88.0 Å². The van der Waals surface area contributed by atoms with E-state index in [1.54, 1.807) is 29.8 Å². The standard InChI is InChI=1S/C22H20N6O5S/c1-14-12-15(2)27(25-14)21-13-22(24-16(3)23-21)33-19-8-4-17(5-9-19)26-34(31,32)20-10-6-18(7-11-20)28(29)30/h4-13,26H,1-3H3. The minimum Gasteiger partial charge on any atom is -0.439 e. The van der Waals surface area contributed by atoms with Crippen LogP contribution in [0, 0.1) is 30.9 Å². The third kappa shape index (κ3) is 5.02. The van der Waals surface area contributed by atoms with Crippen molar-refractivity contribution in [1.82, 2.24) is 19.7 Å². The van der Waals surface area contributed by atoms with Gasteiger partial charge in [-0.05, 0) is 63.2 Å². The predicted octanol–water partition coefficient (Wildman–Crippen LogP) is 4.09. The molecule has 174 valence electrons. The number of aryl methyl sites for hydroxylation is 3. The summed E-state index contributed by atoms with van der Waals surface area (Å²) in [6, 6.07) is 14.5. The summed E-state index contributed by atoms with van der Waals surface area (Å²) < 4.78 is 35.1. The van der Waals surface area contributed by atoms with Gasteiger partial charge in [0.25, 0.3) is 15.7 Å². The minimum atomic E-state index is -3.92. The van der Waals surface area contributed by atoms with Gasteiger partial charge in [-0.15, -0.1) is 0 Å². The molecule has 2 aromatic heterocycles. The maximum atomic E-state index is 12.6. The van der Waals surface area contributed by atoms with Crippen molar-refractivity contribution in [1.29, 1.82) is 0 Å². The lowest BCUT2D eigenvalue weighted by Gasteiger charge is -2.11. The Labute approximate surface area is 195 Å². The zero-order valence-corrected chi connectivity index (χ0v) is 19.3. The van der Waals surface area contributed by atoms with Gasteiger partial charge < -0.3 is 4.74 Å². The number of non-ortho nitro benzene ring substituents is 1. The van der Waals surface area contributed by atoms with Gasteiger partial charge in [-0.25, -0.2) is 18.1 Å². The average Bonchev–Trinajstić information content (AvgIpc) is 3.12. The van der Waals surface area contributed by atoms with E-state index in [4.69, 9.17) is 4.74 Å². The molecule has 0 atom stereocenters. The molecular weight excluding hydrogens is 460 g/mol. The van der Waals surface area contributed by atoms with Crippen LogP contribution in [0.2, 0.25) is 0 Å². The van der Waals surface area contributed by atoms with Crippen molar-refractivity contribution in [2.75, 3.05) is 4.72 Å². The van der Waals surface area contributed by atoms with Crippen LogP contribution in [0.15, 0.2) is 65.6 Å². The second kappa shape index (κ2) is 8.90. The van der Waals surface area contributed by atoms with E-state index in [2.05, 4.69) is 19.8 Å². The van der Waals surface area contributed by atoms with Crippen LogP contribution in [0.3, 0.4) is 0 Å². The zero-order chi connectivity index (χ0) is 24.5. The summed E-state index contributed by atoms with van der Waals surface area (Å²) >= 11 is 0. The van der Waals surface area contributed by atoms with E-state index in [0.29, 0.717) is 29.0 Å². The van der Waals surface area contributed by atoms with Crippen LogP contribution in [0.25, 0.3) is 5.82 Å². The molecule has 0 unspecified atom stereocenters. The number of hydrogen-bond acceptors (Lipinski definition) is 8. The van der Waals surface area contributed by atoms with Crippen LogP contribution in [-0.2, 0) is 10.0 Å². The molecule has 4 rings (SSSR count). The first-order chi connectivity index (χ1) is 16.1. The number of nitro groups is 1. The molecule has 0 spiro atoms. The smallest absolute Gasteiger partial charge is 0.269 e. The first kappa shape index (κ1) is 22.9. The lowest BCUT2D eigenvalue weighted by atomic mass is 10.3. The largest absolute Gasteiger partial charge is 0.439 e. The van der Waals surface area contributed by atoms with E-state index in [9.17, 15) is 18.5 Å². The van der Waals surface area contributed by atoms with E-state index in [0.717, 1.165) is 23.5 Å². The van der Waals surface area contributed by atoms with Crippen molar-refractivity contribution in [2.24, 2.45) is 0 Å².